The normalized spacial score (nSPS) is 19.6. The van der Waals surface area contributed by atoms with Gasteiger partial charge in [-0.05, 0) is 32.2 Å². The highest BCUT2D eigenvalue weighted by Gasteiger charge is 2.22. The molecule has 1 aliphatic heterocycles. The molecular weight excluding hydrogens is 260 g/mol. The number of hydrogen-bond acceptors (Lipinski definition) is 7. The van der Waals surface area contributed by atoms with Crippen LogP contribution in [0.2, 0.25) is 0 Å². The van der Waals surface area contributed by atoms with Gasteiger partial charge in [0.15, 0.2) is 5.16 Å². The second kappa shape index (κ2) is 6.93. The Morgan fingerprint density at radius 3 is 2.95 bits per heavy atom. The summed E-state index contributed by atoms with van der Waals surface area (Å²) in [5, 5.41) is 4.12. The molecule has 1 fully saturated rings. The molecule has 19 heavy (non-hydrogen) atoms. The summed E-state index contributed by atoms with van der Waals surface area (Å²) >= 11 is 1.51. The Morgan fingerprint density at radius 2 is 2.26 bits per heavy atom. The fourth-order valence-electron chi connectivity index (χ4n) is 2.45. The van der Waals surface area contributed by atoms with Crippen LogP contribution in [0.1, 0.15) is 19.8 Å². The maximum atomic E-state index is 5.42. The van der Waals surface area contributed by atoms with E-state index in [1.54, 1.807) is 0 Å². The van der Waals surface area contributed by atoms with Crippen LogP contribution in [0.15, 0.2) is 11.2 Å². The third-order valence-electron chi connectivity index (χ3n) is 3.46. The third-order valence-corrected chi connectivity index (χ3v) is 4.01. The van der Waals surface area contributed by atoms with E-state index in [0.717, 1.165) is 24.1 Å². The Bertz CT molecular complexity index is 391. The van der Waals surface area contributed by atoms with Gasteiger partial charge in [-0.15, -0.1) is 0 Å². The molecule has 6 nitrogen and oxygen atoms in total. The number of likely N-dealkylation sites (N-methyl/N-ethyl adjacent to an activating group) is 1. The number of nitrogens with two attached hydrogens (primary N) is 1. The predicted molar refractivity (Wildman–Crippen MR) is 80.4 cm³/mol. The van der Waals surface area contributed by atoms with Crippen molar-refractivity contribution in [2.75, 3.05) is 36.6 Å². The molecule has 2 rings (SSSR count). The van der Waals surface area contributed by atoms with E-state index in [1.165, 1.54) is 31.1 Å². The van der Waals surface area contributed by atoms with Gasteiger partial charge in [0.1, 0.15) is 11.6 Å². The van der Waals surface area contributed by atoms with Gasteiger partial charge in [0.2, 0.25) is 0 Å². The summed E-state index contributed by atoms with van der Waals surface area (Å²) in [6.07, 6.45) is 4.49. The van der Waals surface area contributed by atoms with E-state index in [2.05, 4.69) is 32.5 Å². The maximum Gasteiger partial charge on any atom is 0.191 e. The first-order chi connectivity index (χ1) is 9.26. The van der Waals surface area contributed by atoms with Crippen LogP contribution >= 0.6 is 11.8 Å². The van der Waals surface area contributed by atoms with Crippen molar-refractivity contribution in [2.24, 2.45) is 5.84 Å². The summed E-state index contributed by atoms with van der Waals surface area (Å²) in [4.78, 5) is 11.2. The molecule has 1 aromatic heterocycles. The lowest BCUT2D eigenvalue weighted by Gasteiger charge is -2.23. The maximum absolute atomic E-state index is 5.42. The number of nitrogens with one attached hydrogen (secondary N) is 2. The molecule has 0 radical (unpaired) electrons. The zero-order valence-electron chi connectivity index (χ0n) is 11.5. The molecular formula is C12H22N6S. The minimum Gasteiger partial charge on any atom is -0.368 e. The SMILES string of the molecule is CCN1CCCC1CNc1cc(NN)nc(SC)n1. The van der Waals surface area contributed by atoms with Crippen LogP contribution in [0.5, 0.6) is 0 Å². The van der Waals surface area contributed by atoms with Gasteiger partial charge in [-0.3, -0.25) is 4.90 Å². The van der Waals surface area contributed by atoms with E-state index in [-0.39, 0.29) is 0 Å². The highest BCUT2D eigenvalue weighted by molar-refractivity contribution is 7.98. The molecule has 0 amide bonds. The molecule has 1 aromatic rings. The third kappa shape index (κ3) is 3.71. The highest BCUT2D eigenvalue weighted by atomic mass is 32.2. The highest BCUT2D eigenvalue weighted by Crippen LogP contribution is 2.19. The number of aromatic nitrogens is 2. The van der Waals surface area contributed by atoms with Crippen molar-refractivity contribution in [3.05, 3.63) is 6.07 Å². The lowest BCUT2D eigenvalue weighted by Crippen LogP contribution is -2.34. The number of hydrazine groups is 1. The number of thioether (sulfide) groups is 1. The Labute approximate surface area is 118 Å². The fraction of sp³-hybridized carbons (Fsp3) is 0.667. The van der Waals surface area contributed by atoms with Gasteiger partial charge in [0.05, 0.1) is 0 Å². The van der Waals surface area contributed by atoms with Gasteiger partial charge in [0.25, 0.3) is 0 Å². The number of nitrogens with zero attached hydrogens (tertiary/aromatic N) is 3. The van der Waals surface area contributed by atoms with Gasteiger partial charge in [-0.25, -0.2) is 15.8 Å². The van der Waals surface area contributed by atoms with Gasteiger partial charge < -0.3 is 10.7 Å². The first-order valence-corrected chi connectivity index (χ1v) is 7.87. The molecule has 1 atom stereocenters. The summed E-state index contributed by atoms with van der Waals surface area (Å²) in [7, 11) is 0. The van der Waals surface area contributed by atoms with Gasteiger partial charge in [0, 0.05) is 18.7 Å². The molecule has 1 unspecified atom stereocenters. The lowest BCUT2D eigenvalue weighted by atomic mass is 10.2. The Balaban J connectivity index is 1.98. The van der Waals surface area contributed by atoms with E-state index in [0.29, 0.717) is 11.9 Å². The Hall–Kier alpha value is -1.05. The molecule has 7 heteroatoms. The van der Waals surface area contributed by atoms with Gasteiger partial charge in [-0.1, -0.05) is 18.7 Å². The molecule has 106 valence electrons. The van der Waals surface area contributed by atoms with Crippen molar-refractivity contribution in [1.29, 1.82) is 0 Å². The van der Waals surface area contributed by atoms with Crippen LogP contribution in [-0.4, -0.2) is 46.8 Å². The van der Waals surface area contributed by atoms with Gasteiger partial charge >= 0.3 is 0 Å². The smallest absolute Gasteiger partial charge is 0.191 e. The molecule has 2 heterocycles. The van der Waals surface area contributed by atoms with Crippen molar-refractivity contribution in [3.63, 3.8) is 0 Å². The molecule has 0 aromatic carbocycles. The first-order valence-electron chi connectivity index (χ1n) is 6.64. The van der Waals surface area contributed by atoms with Crippen molar-refractivity contribution < 1.29 is 0 Å². The number of hydrogen-bond donors (Lipinski definition) is 3. The van der Waals surface area contributed by atoms with Crippen LogP contribution in [0, 0.1) is 0 Å². The van der Waals surface area contributed by atoms with Crippen LogP contribution in [0.3, 0.4) is 0 Å². The van der Waals surface area contributed by atoms with Crippen LogP contribution in [0.4, 0.5) is 11.6 Å². The average Bonchev–Trinajstić information content (AvgIpc) is 2.92. The van der Waals surface area contributed by atoms with E-state index < -0.39 is 0 Å². The standard InChI is InChI=1S/C12H22N6S/c1-3-18-6-4-5-9(18)8-14-10-7-11(17-13)16-12(15-10)19-2/h7,9H,3-6,8,13H2,1-2H3,(H2,14,15,16,17). The summed E-state index contributed by atoms with van der Waals surface area (Å²) in [5.74, 6) is 6.89. The number of nitrogen functional groups attached to an aromatic ring is 1. The van der Waals surface area contributed by atoms with Crippen molar-refractivity contribution in [3.8, 4) is 0 Å². The summed E-state index contributed by atoms with van der Waals surface area (Å²) in [5.41, 5.74) is 2.58. The number of rotatable bonds is 6. The van der Waals surface area contributed by atoms with Crippen LogP contribution in [-0.2, 0) is 0 Å². The number of anilines is 2. The van der Waals surface area contributed by atoms with Crippen LogP contribution in [0.25, 0.3) is 0 Å². The Morgan fingerprint density at radius 1 is 1.47 bits per heavy atom. The largest absolute Gasteiger partial charge is 0.368 e. The van der Waals surface area contributed by atoms with E-state index in [9.17, 15) is 0 Å². The molecule has 1 saturated heterocycles. The molecule has 1 aliphatic rings. The molecule has 4 N–H and O–H groups in total. The Kier molecular flexibility index (Phi) is 5.24. The second-order valence-electron chi connectivity index (χ2n) is 4.58. The minimum absolute atomic E-state index is 0.604. The van der Waals surface area contributed by atoms with E-state index in [4.69, 9.17) is 5.84 Å². The molecule has 0 aliphatic carbocycles. The quantitative estimate of drug-likeness (QED) is 0.315. The monoisotopic (exact) mass is 282 g/mol. The van der Waals surface area contributed by atoms with Crippen LogP contribution < -0.4 is 16.6 Å². The fourth-order valence-corrected chi connectivity index (χ4v) is 2.83. The molecule has 0 spiro atoms. The van der Waals surface area contributed by atoms with Crippen molar-refractivity contribution >= 4 is 23.4 Å². The second-order valence-corrected chi connectivity index (χ2v) is 5.35. The number of likely N-dealkylation sites (tertiary alicyclic amines) is 1. The van der Waals surface area contributed by atoms with Crippen molar-refractivity contribution in [1.82, 2.24) is 14.9 Å². The summed E-state index contributed by atoms with van der Waals surface area (Å²) < 4.78 is 0. The van der Waals surface area contributed by atoms with E-state index in [1.807, 2.05) is 12.3 Å². The first kappa shape index (κ1) is 14.4. The summed E-state index contributed by atoms with van der Waals surface area (Å²) in [6, 6.07) is 2.44. The van der Waals surface area contributed by atoms with E-state index >= 15 is 0 Å². The minimum atomic E-state index is 0.604. The zero-order chi connectivity index (χ0) is 13.7. The summed E-state index contributed by atoms with van der Waals surface area (Å²) in [6.45, 7) is 5.45. The zero-order valence-corrected chi connectivity index (χ0v) is 12.3. The topological polar surface area (TPSA) is 79.1 Å². The average molecular weight is 282 g/mol. The van der Waals surface area contributed by atoms with Crippen molar-refractivity contribution in [2.45, 2.75) is 31.0 Å². The molecule has 0 bridgehead atoms. The van der Waals surface area contributed by atoms with Gasteiger partial charge in [-0.2, -0.15) is 0 Å². The predicted octanol–water partition coefficient (Wildman–Crippen LogP) is 1.38. The lowest BCUT2D eigenvalue weighted by molar-refractivity contribution is 0.277. The molecule has 0 saturated carbocycles.